The lowest BCUT2D eigenvalue weighted by Crippen LogP contribution is -2.51. The molecule has 0 aliphatic heterocycles. The van der Waals surface area contributed by atoms with Crippen molar-refractivity contribution in [1.82, 2.24) is 9.36 Å². The van der Waals surface area contributed by atoms with E-state index in [2.05, 4.69) is 5.32 Å². The van der Waals surface area contributed by atoms with Gasteiger partial charge in [0.15, 0.2) is 0 Å². The summed E-state index contributed by atoms with van der Waals surface area (Å²) in [5, 5.41) is 2.86. The van der Waals surface area contributed by atoms with Crippen LogP contribution in [-0.4, -0.2) is 20.8 Å². The second-order valence-electron chi connectivity index (χ2n) is 7.23. The monoisotopic (exact) mass is 342 g/mol. The minimum atomic E-state index is -0.524. The van der Waals surface area contributed by atoms with Crippen LogP contribution in [0.3, 0.4) is 0 Å². The Balaban J connectivity index is 1.94. The number of hydrogen-bond donors (Lipinski definition) is 2. The van der Waals surface area contributed by atoms with Crippen molar-refractivity contribution in [3.05, 3.63) is 46.4 Å². The van der Waals surface area contributed by atoms with Crippen molar-refractivity contribution in [2.45, 2.75) is 45.1 Å². The van der Waals surface area contributed by atoms with Crippen LogP contribution in [0.15, 0.2) is 35.1 Å². The highest BCUT2D eigenvalue weighted by Gasteiger charge is 2.38. The summed E-state index contributed by atoms with van der Waals surface area (Å²) in [7, 11) is 1.81. The predicted molar refractivity (Wildman–Crippen MR) is 98.9 cm³/mol. The Morgan fingerprint density at radius 3 is 2.60 bits per heavy atom. The van der Waals surface area contributed by atoms with E-state index in [1.165, 1.54) is 0 Å². The van der Waals surface area contributed by atoms with Crippen molar-refractivity contribution >= 4 is 11.6 Å². The summed E-state index contributed by atoms with van der Waals surface area (Å²) in [5.41, 5.74) is 7.39. The minimum absolute atomic E-state index is 0.157. The highest BCUT2D eigenvalue weighted by atomic mass is 16.2. The molecule has 1 amide bonds. The van der Waals surface area contributed by atoms with Crippen LogP contribution in [0.5, 0.6) is 0 Å². The lowest BCUT2D eigenvalue weighted by atomic mass is 9.74. The quantitative estimate of drug-likeness (QED) is 0.898. The van der Waals surface area contributed by atoms with Crippen molar-refractivity contribution in [2.75, 3.05) is 5.32 Å². The molecule has 0 saturated heterocycles. The summed E-state index contributed by atoms with van der Waals surface area (Å²) in [6.45, 7) is 3.76. The first-order valence-corrected chi connectivity index (χ1v) is 8.76. The van der Waals surface area contributed by atoms with E-state index >= 15 is 0 Å². The van der Waals surface area contributed by atoms with Gasteiger partial charge in [0.2, 0.25) is 5.91 Å². The van der Waals surface area contributed by atoms with E-state index in [1.807, 2.05) is 51.2 Å². The average molecular weight is 342 g/mol. The molecule has 1 saturated carbocycles. The number of hydrogen-bond acceptors (Lipinski definition) is 3. The molecule has 25 heavy (non-hydrogen) atoms. The van der Waals surface area contributed by atoms with E-state index in [4.69, 9.17) is 5.73 Å². The summed E-state index contributed by atoms with van der Waals surface area (Å²) in [5.74, 6) is -0.429. The summed E-state index contributed by atoms with van der Waals surface area (Å²) >= 11 is 0. The Hall–Kier alpha value is -2.34. The van der Waals surface area contributed by atoms with Crippen LogP contribution in [0.25, 0.3) is 5.69 Å². The number of aromatic nitrogens is 2. The van der Waals surface area contributed by atoms with E-state index in [-0.39, 0.29) is 17.4 Å². The number of nitrogens with zero attached hydrogens (tertiary/aromatic N) is 2. The number of rotatable bonds is 3. The standard InChI is InChI=1S/C19H26N4O2/c1-13-16(21-17(24)15-11-7-8-12-19(15,2)20)18(25)23(22(13)3)14-9-5-4-6-10-14/h4-6,9-10,15H,7-8,11-12,20H2,1-3H3,(H,21,24). The van der Waals surface area contributed by atoms with Crippen LogP contribution in [0, 0.1) is 12.8 Å². The first-order valence-electron chi connectivity index (χ1n) is 8.76. The zero-order valence-electron chi connectivity index (χ0n) is 15.1. The summed E-state index contributed by atoms with van der Waals surface area (Å²) in [4.78, 5) is 25.7. The maximum absolute atomic E-state index is 12.9. The van der Waals surface area contributed by atoms with Crippen LogP contribution >= 0.6 is 0 Å². The Morgan fingerprint density at radius 2 is 1.96 bits per heavy atom. The summed E-state index contributed by atoms with van der Waals surface area (Å²) in [6, 6.07) is 9.39. The second kappa shape index (κ2) is 6.52. The number of carbonyl (C=O) groups excluding carboxylic acids is 1. The number of anilines is 1. The molecule has 1 heterocycles. The predicted octanol–water partition coefficient (Wildman–Crippen LogP) is 2.33. The molecule has 1 aliphatic rings. The molecule has 134 valence electrons. The Kier molecular flexibility index (Phi) is 4.56. The number of para-hydroxylation sites is 1. The minimum Gasteiger partial charge on any atom is -0.325 e. The molecule has 0 spiro atoms. The fraction of sp³-hybridized carbons (Fsp3) is 0.474. The molecule has 3 N–H and O–H groups in total. The molecular weight excluding hydrogens is 316 g/mol. The molecule has 2 atom stereocenters. The number of nitrogens with one attached hydrogen (secondary N) is 1. The molecule has 0 bridgehead atoms. The summed E-state index contributed by atoms with van der Waals surface area (Å²) < 4.78 is 3.32. The van der Waals surface area contributed by atoms with E-state index in [0.29, 0.717) is 5.69 Å². The molecule has 2 unspecified atom stereocenters. The third kappa shape index (κ3) is 3.14. The van der Waals surface area contributed by atoms with Crippen LogP contribution in [0.1, 0.15) is 38.3 Å². The zero-order valence-corrected chi connectivity index (χ0v) is 15.1. The molecule has 1 aromatic heterocycles. The molecule has 1 fully saturated rings. The molecule has 3 rings (SSSR count). The number of benzene rings is 1. The van der Waals surface area contributed by atoms with Crippen LogP contribution in [0.2, 0.25) is 0 Å². The molecule has 2 aromatic rings. The fourth-order valence-corrected chi connectivity index (χ4v) is 3.71. The molecule has 6 nitrogen and oxygen atoms in total. The van der Waals surface area contributed by atoms with Gasteiger partial charge in [-0.15, -0.1) is 0 Å². The number of carbonyl (C=O) groups is 1. The van der Waals surface area contributed by atoms with Gasteiger partial charge in [0.25, 0.3) is 5.56 Å². The van der Waals surface area contributed by atoms with E-state index in [1.54, 1.807) is 9.36 Å². The first kappa shape index (κ1) is 17.5. The van der Waals surface area contributed by atoms with Crippen molar-refractivity contribution in [3.8, 4) is 5.69 Å². The largest absolute Gasteiger partial charge is 0.325 e. The fourth-order valence-electron chi connectivity index (χ4n) is 3.71. The van der Waals surface area contributed by atoms with Gasteiger partial charge < -0.3 is 11.1 Å². The van der Waals surface area contributed by atoms with Crippen molar-refractivity contribution in [1.29, 1.82) is 0 Å². The van der Waals surface area contributed by atoms with Gasteiger partial charge in [-0.25, -0.2) is 4.68 Å². The normalized spacial score (nSPS) is 23.4. The van der Waals surface area contributed by atoms with Gasteiger partial charge in [-0.2, -0.15) is 0 Å². The topological polar surface area (TPSA) is 82.1 Å². The van der Waals surface area contributed by atoms with E-state index in [9.17, 15) is 9.59 Å². The third-order valence-corrected chi connectivity index (χ3v) is 5.37. The third-order valence-electron chi connectivity index (χ3n) is 5.37. The smallest absolute Gasteiger partial charge is 0.295 e. The molecule has 1 aromatic carbocycles. The van der Waals surface area contributed by atoms with Crippen molar-refractivity contribution in [3.63, 3.8) is 0 Å². The van der Waals surface area contributed by atoms with Crippen LogP contribution < -0.4 is 16.6 Å². The number of amides is 1. The van der Waals surface area contributed by atoms with Gasteiger partial charge in [-0.1, -0.05) is 31.0 Å². The number of nitrogens with two attached hydrogens (primary N) is 1. The second-order valence-corrected chi connectivity index (χ2v) is 7.23. The van der Waals surface area contributed by atoms with Crippen molar-refractivity contribution < 1.29 is 4.79 Å². The summed E-state index contributed by atoms with van der Waals surface area (Å²) in [6.07, 6.45) is 3.62. The average Bonchev–Trinajstić information content (AvgIpc) is 2.78. The van der Waals surface area contributed by atoms with Gasteiger partial charge >= 0.3 is 0 Å². The highest BCUT2D eigenvalue weighted by Crippen LogP contribution is 2.32. The van der Waals surface area contributed by atoms with Crippen LogP contribution in [-0.2, 0) is 11.8 Å². The lowest BCUT2D eigenvalue weighted by Gasteiger charge is -2.37. The zero-order chi connectivity index (χ0) is 18.2. The molecule has 1 aliphatic carbocycles. The van der Waals surface area contributed by atoms with Gasteiger partial charge in [0, 0.05) is 12.6 Å². The molecule has 6 heteroatoms. The Morgan fingerprint density at radius 1 is 1.28 bits per heavy atom. The maximum Gasteiger partial charge on any atom is 0.295 e. The SMILES string of the molecule is Cc1c(NC(=O)C2CCCCC2(C)N)c(=O)n(-c2ccccc2)n1C. The Labute approximate surface area is 147 Å². The van der Waals surface area contributed by atoms with Crippen molar-refractivity contribution in [2.24, 2.45) is 18.7 Å². The highest BCUT2D eigenvalue weighted by molar-refractivity contribution is 5.94. The Bertz CT molecular complexity index is 833. The van der Waals surface area contributed by atoms with E-state index in [0.717, 1.165) is 37.1 Å². The van der Waals surface area contributed by atoms with Gasteiger partial charge in [-0.3, -0.25) is 14.3 Å². The van der Waals surface area contributed by atoms with Gasteiger partial charge in [0.1, 0.15) is 5.69 Å². The van der Waals surface area contributed by atoms with Crippen LogP contribution in [0.4, 0.5) is 5.69 Å². The van der Waals surface area contributed by atoms with Gasteiger partial charge in [0.05, 0.1) is 17.3 Å². The lowest BCUT2D eigenvalue weighted by molar-refractivity contribution is -0.122. The van der Waals surface area contributed by atoms with E-state index < -0.39 is 5.54 Å². The van der Waals surface area contributed by atoms with Gasteiger partial charge in [-0.05, 0) is 38.8 Å². The maximum atomic E-state index is 12.9. The molecule has 0 radical (unpaired) electrons. The molecular formula is C19H26N4O2. The first-order chi connectivity index (χ1) is 11.8.